The van der Waals surface area contributed by atoms with Crippen LogP contribution in [-0.2, 0) is 36.5 Å². The van der Waals surface area contributed by atoms with Crippen molar-refractivity contribution in [2.75, 3.05) is 5.32 Å². The van der Waals surface area contributed by atoms with E-state index in [-0.39, 0.29) is 18.0 Å². The van der Waals surface area contributed by atoms with Gasteiger partial charge in [-0.25, -0.2) is 22.0 Å². The lowest BCUT2D eigenvalue weighted by Gasteiger charge is -2.24. The molecule has 1 aliphatic carbocycles. The van der Waals surface area contributed by atoms with E-state index in [1.54, 1.807) is 18.2 Å². The van der Waals surface area contributed by atoms with Crippen LogP contribution in [0.1, 0.15) is 37.0 Å². The summed E-state index contributed by atoms with van der Waals surface area (Å²) in [6.07, 6.45) is 3.09. The number of nitrogens with one attached hydrogen (secondary N) is 1. The van der Waals surface area contributed by atoms with Gasteiger partial charge in [-0.15, -0.1) is 11.3 Å². The fourth-order valence-electron chi connectivity index (χ4n) is 4.13. The van der Waals surface area contributed by atoms with E-state index in [1.165, 1.54) is 23.5 Å². The molecule has 2 aromatic carbocycles. The van der Waals surface area contributed by atoms with Crippen molar-refractivity contribution in [1.82, 2.24) is 0 Å². The van der Waals surface area contributed by atoms with E-state index >= 15 is 0 Å². The molecule has 1 saturated carbocycles. The molecule has 0 unspecified atom stereocenters. The van der Waals surface area contributed by atoms with Crippen molar-refractivity contribution in [1.29, 1.82) is 0 Å². The van der Waals surface area contributed by atoms with E-state index < -0.39 is 49.9 Å². The summed E-state index contributed by atoms with van der Waals surface area (Å²) in [5, 5.41) is 9.42. The van der Waals surface area contributed by atoms with Gasteiger partial charge in [0.25, 0.3) is 0 Å². The topological polar surface area (TPSA) is 150 Å². The van der Waals surface area contributed by atoms with Crippen molar-refractivity contribution in [3.8, 4) is 5.75 Å². The Morgan fingerprint density at radius 1 is 0.861 bits per heavy atom. The summed E-state index contributed by atoms with van der Waals surface area (Å²) in [7, 11) is -13.3. The zero-order chi connectivity index (χ0) is 26.0. The summed E-state index contributed by atoms with van der Waals surface area (Å²) in [4.78, 5) is -0.960. The van der Waals surface area contributed by atoms with E-state index in [9.17, 15) is 25.3 Å². The fourth-order valence-corrected chi connectivity index (χ4v) is 9.22. The Bertz CT molecular complexity index is 1530. The first kappa shape index (κ1) is 26.6. The molecule has 1 heterocycles. The van der Waals surface area contributed by atoms with Crippen molar-refractivity contribution in [2.45, 2.75) is 58.6 Å². The molecule has 194 valence electrons. The second-order valence-corrected chi connectivity index (χ2v) is 14.7. The molecule has 0 aliphatic heterocycles. The Morgan fingerprint density at radius 2 is 1.56 bits per heavy atom. The molecule has 13 heteroatoms. The number of benzene rings is 2. The maximum absolute atomic E-state index is 13.6. The predicted molar refractivity (Wildman–Crippen MR) is 138 cm³/mol. The van der Waals surface area contributed by atoms with Gasteiger partial charge in [-0.05, 0) is 48.6 Å². The van der Waals surface area contributed by atoms with Crippen LogP contribution in [-0.4, -0.2) is 30.5 Å². The second-order valence-electron chi connectivity index (χ2n) is 8.43. The summed E-state index contributed by atoms with van der Waals surface area (Å²) in [5.74, 6) is 0.0118. The molecule has 1 aromatic heterocycles. The third-order valence-corrected chi connectivity index (χ3v) is 11.4. The van der Waals surface area contributed by atoms with E-state index in [4.69, 9.17) is 9.32 Å². The Labute approximate surface area is 215 Å². The number of hydrogen-bond acceptors (Lipinski definition) is 9. The minimum Gasteiger partial charge on any atom is -0.379 e. The first-order valence-electron chi connectivity index (χ1n) is 11.2. The highest BCUT2D eigenvalue weighted by Crippen LogP contribution is 2.37. The van der Waals surface area contributed by atoms with Gasteiger partial charge in [0, 0.05) is 11.4 Å². The molecule has 1 aliphatic rings. The lowest BCUT2D eigenvalue weighted by Crippen LogP contribution is -2.27. The van der Waals surface area contributed by atoms with Crippen LogP contribution >= 0.6 is 11.3 Å². The number of primary sulfonamides is 1. The molecule has 1 fully saturated rings. The monoisotopic (exact) mass is 570 g/mol. The average Bonchev–Trinajstić information content (AvgIpc) is 3.36. The van der Waals surface area contributed by atoms with E-state index in [0.29, 0.717) is 25.7 Å². The zero-order valence-electron chi connectivity index (χ0n) is 19.2. The van der Waals surface area contributed by atoms with Crippen LogP contribution in [0.4, 0.5) is 5.69 Å². The highest BCUT2D eigenvalue weighted by Gasteiger charge is 2.36. The maximum atomic E-state index is 13.6. The van der Waals surface area contributed by atoms with Gasteiger partial charge in [-0.1, -0.05) is 43.5 Å². The molecule has 3 N–H and O–H groups in total. The number of anilines is 1. The highest BCUT2D eigenvalue weighted by molar-refractivity contribution is 7.94. The summed E-state index contributed by atoms with van der Waals surface area (Å²) in [6, 6.07) is 13.2. The number of sulfonamides is 1. The van der Waals surface area contributed by atoms with E-state index in [0.717, 1.165) is 23.4 Å². The van der Waals surface area contributed by atoms with Gasteiger partial charge in [-0.3, -0.25) is 0 Å². The normalized spacial score (nSPS) is 15.5. The van der Waals surface area contributed by atoms with Gasteiger partial charge in [0.2, 0.25) is 10.0 Å². The predicted octanol–water partition coefficient (Wildman–Crippen LogP) is 3.88. The molecular formula is C23H26N2O7S4. The Balaban J connectivity index is 1.89. The summed E-state index contributed by atoms with van der Waals surface area (Å²) in [6.45, 7) is 0.184. The summed E-state index contributed by atoms with van der Waals surface area (Å²) < 4.78 is 84.0. The largest absolute Gasteiger partial charge is 0.379 e. The van der Waals surface area contributed by atoms with Gasteiger partial charge in [0.15, 0.2) is 9.84 Å². The molecular weight excluding hydrogens is 545 g/mol. The highest BCUT2D eigenvalue weighted by atomic mass is 32.2. The van der Waals surface area contributed by atoms with Gasteiger partial charge in [0.1, 0.15) is 15.5 Å². The lowest BCUT2D eigenvalue weighted by atomic mass is 10.0. The van der Waals surface area contributed by atoms with Crippen LogP contribution in [0.15, 0.2) is 74.7 Å². The van der Waals surface area contributed by atoms with Crippen molar-refractivity contribution >= 4 is 47.0 Å². The summed E-state index contributed by atoms with van der Waals surface area (Å²) in [5.41, 5.74) is -0.0962. The molecule has 0 bridgehead atoms. The minimum absolute atomic E-state index is 0.0118. The molecule has 0 spiro atoms. The molecule has 36 heavy (non-hydrogen) atoms. The minimum atomic E-state index is -4.61. The first-order chi connectivity index (χ1) is 17.0. The molecule has 9 nitrogen and oxygen atoms in total. The first-order valence-corrected chi connectivity index (χ1v) is 16.6. The molecule has 0 amide bonds. The number of thiophene rings is 1. The van der Waals surface area contributed by atoms with Crippen LogP contribution in [0.25, 0.3) is 0 Å². The maximum Gasteiger partial charge on any atom is 0.341 e. The van der Waals surface area contributed by atoms with Crippen LogP contribution in [0.5, 0.6) is 5.75 Å². The number of hydrogen-bond donors (Lipinski definition) is 2. The standard InChI is InChI=1S/C23H26N2O7S4/c24-35(28,29)23-15-21(36(30,31)32-17-8-3-1-4-9-17)20(25-16-18-10-7-13-33-18)14-22(23)34(26,27)19-11-5-2-6-12-19/h1,3-4,7-10,13-15,19,25H,2,5-6,11-12,16H2,(H2,24,28,29). The van der Waals surface area contributed by atoms with Crippen LogP contribution < -0.4 is 14.6 Å². The Morgan fingerprint density at radius 3 is 2.17 bits per heavy atom. The smallest absolute Gasteiger partial charge is 0.341 e. The third kappa shape index (κ3) is 5.92. The molecule has 0 saturated heterocycles. The van der Waals surface area contributed by atoms with Gasteiger partial charge < -0.3 is 9.50 Å². The van der Waals surface area contributed by atoms with E-state index in [1.807, 2.05) is 17.5 Å². The van der Waals surface area contributed by atoms with Crippen molar-refractivity contribution < 1.29 is 29.4 Å². The van der Waals surface area contributed by atoms with E-state index in [2.05, 4.69) is 5.32 Å². The second kappa shape index (κ2) is 10.5. The van der Waals surface area contributed by atoms with Crippen LogP contribution in [0.2, 0.25) is 0 Å². The zero-order valence-corrected chi connectivity index (χ0v) is 22.4. The quantitative estimate of drug-likeness (QED) is 0.368. The Kier molecular flexibility index (Phi) is 7.76. The van der Waals surface area contributed by atoms with Gasteiger partial charge in [0.05, 0.1) is 15.8 Å². The molecule has 0 radical (unpaired) electrons. The number of nitrogens with two attached hydrogens (primary N) is 1. The third-order valence-electron chi connectivity index (χ3n) is 5.90. The summed E-state index contributed by atoms with van der Waals surface area (Å²) >= 11 is 1.42. The SMILES string of the molecule is NS(=O)(=O)c1cc(S(=O)(=O)Oc2ccccc2)c(NCc2cccs2)cc1S(=O)(=O)C1CCCCC1. The number of sulfone groups is 1. The number of para-hydroxylation sites is 1. The number of rotatable bonds is 9. The molecule has 3 aromatic rings. The van der Waals surface area contributed by atoms with Gasteiger partial charge >= 0.3 is 10.1 Å². The molecule has 4 rings (SSSR count). The Hall–Kier alpha value is -2.45. The fraction of sp³-hybridized carbons (Fsp3) is 0.304. The average molecular weight is 571 g/mol. The van der Waals surface area contributed by atoms with Crippen molar-refractivity contribution in [3.05, 3.63) is 64.9 Å². The lowest BCUT2D eigenvalue weighted by molar-refractivity contribution is 0.481. The van der Waals surface area contributed by atoms with Crippen molar-refractivity contribution in [2.24, 2.45) is 5.14 Å². The molecule has 0 atom stereocenters. The van der Waals surface area contributed by atoms with Crippen LogP contribution in [0, 0.1) is 0 Å². The van der Waals surface area contributed by atoms with Crippen molar-refractivity contribution in [3.63, 3.8) is 0 Å². The van der Waals surface area contributed by atoms with Crippen LogP contribution in [0.3, 0.4) is 0 Å². The van der Waals surface area contributed by atoms with Gasteiger partial charge in [-0.2, -0.15) is 8.42 Å².